The average Bonchev–Trinajstić information content (AvgIpc) is 2.84. The lowest BCUT2D eigenvalue weighted by Crippen LogP contribution is -2.22. The van der Waals surface area contributed by atoms with Crippen LogP contribution in [0.3, 0.4) is 0 Å². The largest absolute Gasteiger partial charge is 0.508 e. The highest BCUT2D eigenvalue weighted by Gasteiger charge is 2.18. The Morgan fingerprint density at radius 3 is 2.34 bits per heavy atom. The van der Waals surface area contributed by atoms with Crippen LogP contribution in [-0.2, 0) is 4.79 Å². The summed E-state index contributed by atoms with van der Waals surface area (Å²) in [6.45, 7) is 1.37. The van der Waals surface area contributed by atoms with Gasteiger partial charge in [0, 0.05) is 6.07 Å². The second-order valence-corrected chi connectivity index (χ2v) is 7.06. The van der Waals surface area contributed by atoms with Gasteiger partial charge in [0.2, 0.25) is 5.75 Å². The maximum Gasteiger partial charge on any atom is 0.349 e. The number of phenols is 1. The van der Waals surface area contributed by atoms with E-state index < -0.39 is 17.3 Å². The second-order valence-electron chi connectivity index (χ2n) is 7.06. The number of nitrogens with one attached hydrogen (secondary N) is 1. The SMILES string of the molecule is COc1cc(/C=C(\C#N)C(=O)N/N=C(\C)c2c(O)c3ccc(O)cc3oc2=O)cc(OC)c1OC. The highest BCUT2D eigenvalue weighted by molar-refractivity contribution is 6.06. The van der Waals surface area contributed by atoms with Crippen molar-refractivity contribution in [1.29, 1.82) is 5.26 Å². The van der Waals surface area contributed by atoms with Gasteiger partial charge in [-0.2, -0.15) is 10.4 Å². The summed E-state index contributed by atoms with van der Waals surface area (Å²) >= 11 is 0. The summed E-state index contributed by atoms with van der Waals surface area (Å²) in [5.74, 6) is -0.434. The van der Waals surface area contributed by atoms with Crippen LogP contribution in [-0.4, -0.2) is 43.2 Å². The maximum absolute atomic E-state index is 12.6. The lowest BCUT2D eigenvalue weighted by molar-refractivity contribution is -0.117. The highest BCUT2D eigenvalue weighted by atomic mass is 16.5. The summed E-state index contributed by atoms with van der Waals surface area (Å²) in [6, 6.07) is 8.75. The summed E-state index contributed by atoms with van der Waals surface area (Å²) in [5.41, 5.74) is 1.00. The number of carbonyl (C=O) groups is 1. The van der Waals surface area contributed by atoms with Crippen LogP contribution in [0, 0.1) is 11.3 Å². The fourth-order valence-electron chi connectivity index (χ4n) is 3.24. The average molecular weight is 479 g/mol. The maximum atomic E-state index is 12.6. The molecule has 0 atom stereocenters. The number of benzene rings is 2. The van der Waals surface area contributed by atoms with Crippen molar-refractivity contribution in [3.63, 3.8) is 0 Å². The summed E-state index contributed by atoms with van der Waals surface area (Å²) in [6.07, 6.45) is 1.29. The number of carbonyl (C=O) groups excluding carboxylic acids is 1. The predicted octanol–water partition coefficient (Wildman–Crippen LogP) is 2.68. The Labute approximate surface area is 199 Å². The first-order chi connectivity index (χ1) is 16.7. The lowest BCUT2D eigenvalue weighted by atomic mass is 10.1. The van der Waals surface area contributed by atoms with E-state index in [1.54, 1.807) is 18.2 Å². The zero-order chi connectivity index (χ0) is 25.7. The minimum absolute atomic E-state index is 0.0202. The molecular weight excluding hydrogens is 458 g/mol. The van der Waals surface area contributed by atoms with E-state index in [1.807, 2.05) is 0 Å². The number of hydrogen-bond donors (Lipinski definition) is 3. The number of nitrogens with zero attached hydrogens (tertiary/aromatic N) is 2. The third-order valence-corrected chi connectivity index (χ3v) is 4.91. The van der Waals surface area contributed by atoms with Crippen LogP contribution in [0.25, 0.3) is 17.0 Å². The molecule has 35 heavy (non-hydrogen) atoms. The minimum Gasteiger partial charge on any atom is -0.508 e. The molecule has 3 rings (SSSR count). The van der Waals surface area contributed by atoms with Crippen molar-refractivity contribution in [3.05, 3.63) is 57.5 Å². The molecule has 0 spiro atoms. The summed E-state index contributed by atoms with van der Waals surface area (Å²) < 4.78 is 20.9. The van der Waals surface area contributed by atoms with Crippen LogP contribution in [0.4, 0.5) is 0 Å². The summed E-state index contributed by atoms with van der Waals surface area (Å²) in [7, 11) is 4.31. The molecule has 0 aliphatic heterocycles. The number of phenolic OH excluding ortho intramolecular Hbond substituents is 1. The number of aromatic hydroxyl groups is 2. The first kappa shape index (κ1) is 24.7. The molecule has 11 heteroatoms. The zero-order valence-electron chi connectivity index (χ0n) is 19.2. The van der Waals surface area contributed by atoms with Gasteiger partial charge in [-0.3, -0.25) is 4.79 Å². The Morgan fingerprint density at radius 1 is 1.11 bits per heavy atom. The van der Waals surface area contributed by atoms with E-state index in [2.05, 4.69) is 10.5 Å². The van der Waals surface area contributed by atoms with E-state index in [9.17, 15) is 25.1 Å². The van der Waals surface area contributed by atoms with Crippen molar-refractivity contribution in [1.82, 2.24) is 5.43 Å². The molecule has 0 unspecified atom stereocenters. The molecule has 1 heterocycles. The smallest absolute Gasteiger partial charge is 0.349 e. The molecule has 0 saturated carbocycles. The van der Waals surface area contributed by atoms with Crippen LogP contribution >= 0.6 is 0 Å². The number of hydrogen-bond acceptors (Lipinski definition) is 10. The number of methoxy groups -OCH3 is 3. The van der Waals surface area contributed by atoms with Gasteiger partial charge in [-0.1, -0.05) is 0 Å². The van der Waals surface area contributed by atoms with E-state index >= 15 is 0 Å². The lowest BCUT2D eigenvalue weighted by Gasteiger charge is -2.13. The van der Waals surface area contributed by atoms with Crippen molar-refractivity contribution >= 4 is 28.7 Å². The molecule has 3 N–H and O–H groups in total. The topological polar surface area (TPSA) is 164 Å². The molecule has 180 valence electrons. The number of hydrazone groups is 1. The number of fused-ring (bicyclic) bond motifs is 1. The van der Waals surface area contributed by atoms with Gasteiger partial charge in [-0.25, -0.2) is 10.2 Å². The van der Waals surface area contributed by atoms with Crippen LogP contribution in [0.5, 0.6) is 28.7 Å². The Bertz CT molecular complexity index is 1440. The standard InChI is InChI=1S/C24H21N3O8/c1-12(20-21(29)16-6-5-15(28)10-17(16)35-24(20)31)26-27-23(30)14(11-25)7-13-8-18(32-2)22(34-4)19(9-13)33-3/h5-10,28-29H,1-4H3,(H,27,30)/b14-7+,26-12+. The molecular formula is C24H21N3O8. The molecule has 0 fully saturated rings. The van der Waals surface area contributed by atoms with Crippen molar-refractivity contribution in [2.75, 3.05) is 21.3 Å². The van der Waals surface area contributed by atoms with Crippen molar-refractivity contribution < 1.29 is 33.6 Å². The predicted molar refractivity (Wildman–Crippen MR) is 126 cm³/mol. The fraction of sp³-hybridized carbons (Fsp3) is 0.167. The van der Waals surface area contributed by atoms with Gasteiger partial charge in [0.15, 0.2) is 11.5 Å². The highest BCUT2D eigenvalue weighted by Crippen LogP contribution is 2.38. The summed E-state index contributed by atoms with van der Waals surface area (Å²) in [4.78, 5) is 24.9. The van der Waals surface area contributed by atoms with Crippen molar-refractivity contribution in [2.24, 2.45) is 5.10 Å². The van der Waals surface area contributed by atoms with E-state index in [-0.39, 0.29) is 33.6 Å². The number of amides is 1. The second kappa shape index (κ2) is 10.3. The molecule has 0 radical (unpaired) electrons. The molecule has 0 aliphatic rings. The van der Waals surface area contributed by atoms with Gasteiger partial charge in [-0.15, -0.1) is 0 Å². The van der Waals surface area contributed by atoms with Crippen molar-refractivity contribution in [3.8, 4) is 34.8 Å². The Kier molecular flexibility index (Phi) is 7.26. The third-order valence-electron chi connectivity index (χ3n) is 4.91. The molecule has 11 nitrogen and oxygen atoms in total. The van der Waals surface area contributed by atoms with Gasteiger partial charge in [0.25, 0.3) is 5.91 Å². The number of rotatable bonds is 7. The van der Waals surface area contributed by atoms with E-state index in [0.29, 0.717) is 22.8 Å². The van der Waals surface area contributed by atoms with E-state index in [1.165, 1.54) is 52.5 Å². The number of nitriles is 1. The first-order valence-corrected chi connectivity index (χ1v) is 9.99. The quantitative estimate of drug-likeness (QED) is 0.152. The Hall–Kier alpha value is -4.98. The molecule has 2 aromatic carbocycles. The zero-order valence-corrected chi connectivity index (χ0v) is 19.2. The molecule has 1 aromatic heterocycles. The van der Waals surface area contributed by atoms with Crippen LogP contribution in [0.15, 0.2) is 50.2 Å². The normalized spacial score (nSPS) is 11.6. The van der Waals surface area contributed by atoms with Gasteiger partial charge < -0.3 is 28.8 Å². The van der Waals surface area contributed by atoms with Gasteiger partial charge >= 0.3 is 5.63 Å². The van der Waals surface area contributed by atoms with E-state index in [4.69, 9.17) is 18.6 Å². The molecule has 0 bridgehead atoms. The Balaban J connectivity index is 1.93. The monoisotopic (exact) mass is 479 g/mol. The molecule has 0 aliphatic carbocycles. The van der Waals surface area contributed by atoms with Gasteiger partial charge in [0.1, 0.15) is 34.3 Å². The molecule has 3 aromatic rings. The molecule has 1 amide bonds. The fourth-order valence-corrected chi connectivity index (χ4v) is 3.24. The van der Waals surface area contributed by atoms with E-state index in [0.717, 1.165) is 0 Å². The Morgan fingerprint density at radius 2 is 1.77 bits per heavy atom. The van der Waals surface area contributed by atoms with Crippen LogP contribution in [0.1, 0.15) is 18.1 Å². The molecule has 0 saturated heterocycles. The third kappa shape index (κ3) is 5.01. The van der Waals surface area contributed by atoms with Crippen LogP contribution < -0.4 is 25.3 Å². The minimum atomic E-state index is -0.926. The van der Waals surface area contributed by atoms with Crippen molar-refractivity contribution in [2.45, 2.75) is 6.92 Å². The van der Waals surface area contributed by atoms with Gasteiger partial charge in [-0.05, 0) is 42.8 Å². The van der Waals surface area contributed by atoms with Crippen LogP contribution in [0.2, 0.25) is 0 Å². The van der Waals surface area contributed by atoms with Gasteiger partial charge in [0.05, 0.1) is 32.4 Å². The summed E-state index contributed by atoms with van der Waals surface area (Å²) in [5, 5.41) is 33.5. The number of ether oxygens (including phenoxy) is 3. The first-order valence-electron chi connectivity index (χ1n) is 9.99.